The Morgan fingerprint density at radius 3 is 2.59 bits per heavy atom. The summed E-state index contributed by atoms with van der Waals surface area (Å²) in [7, 11) is 1.57. The highest BCUT2D eigenvalue weighted by molar-refractivity contribution is 5.90. The summed E-state index contributed by atoms with van der Waals surface area (Å²) in [6.07, 6.45) is 2.59. The summed E-state index contributed by atoms with van der Waals surface area (Å²) in [4.78, 5) is 18.2. The molecule has 116 valence electrons. The molecule has 0 radical (unpaired) electrons. The predicted octanol–water partition coefficient (Wildman–Crippen LogP) is 1.99. The number of nitrogens with zero attached hydrogens (tertiary/aromatic N) is 3. The topological polar surface area (TPSA) is 73.9 Å². The zero-order valence-electron chi connectivity index (χ0n) is 13.0. The number of carbonyl (C=O) groups is 1. The van der Waals surface area contributed by atoms with Crippen molar-refractivity contribution in [1.82, 2.24) is 25.4 Å². The number of hydrogen-bond donors (Lipinski definition) is 2. The zero-order valence-corrected chi connectivity index (χ0v) is 13.0. The molecular formula is C16H21N5O. The Bertz CT molecular complexity index is 643. The smallest absolute Gasteiger partial charge is 0.288 e. The number of aromatic amines is 1. The second-order valence-corrected chi connectivity index (χ2v) is 5.63. The van der Waals surface area contributed by atoms with E-state index >= 15 is 0 Å². The van der Waals surface area contributed by atoms with Gasteiger partial charge in [-0.3, -0.25) is 14.8 Å². The summed E-state index contributed by atoms with van der Waals surface area (Å²) in [5.41, 5.74) is 2.21. The largest absolute Gasteiger partial charge is 0.352 e. The molecule has 1 amide bonds. The molecular weight excluding hydrogens is 278 g/mol. The van der Waals surface area contributed by atoms with Gasteiger partial charge in [0.1, 0.15) is 0 Å². The van der Waals surface area contributed by atoms with Crippen molar-refractivity contribution in [2.24, 2.45) is 0 Å². The maximum Gasteiger partial charge on any atom is 0.288 e. The van der Waals surface area contributed by atoms with Gasteiger partial charge in [-0.2, -0.15) is 5.10 Å². The van der Waals surface area contributed by atoms with Crippen LogP contribution in [0.25, 0.3) is 11.4 Å². The average molecular weight is 299 g/mol. The number of carbonyl (C=O) groups excluding carboxylic acids is 1. The third-order valence-electron chi connectivity index (χ3n) is 4.27. The van der Waals surface area contributed by atoms with E-state index in [-0.39, 0.29) is 11.7 Å². The van der Waals surface area contributed by atoms with E-state index in [1.807, 2.05) is 12.1 Å². The molecule has 1 atom stereocenters. The number of amides is 1. The number of aromatic nitrogens is 3. The van der Waals surface area contributed by atoms with Crippen molar-refractivity contribution in [2.75, 3.05) is 20.1 Å². The van der Waals surface area contributed by atoms with Crippen LogP contribution in [0.15, 0.2) is 24.3 Å². The van der Waals surface area contributed by atoms with E-state index in [4.69, 9.17) is 0 Å². The van der Waals surface area contributed by atoms with Gasteiger partial charge in [0.25, 0.3) is 5.91 Å². The highest BCUT2D eigenvalue weighted by Gasteiger charge is 2.19. The molecule has 22 heavy (non-hydrogen) atoms. The molecule has 6 heteroatoms. The summed E-state index contributed by atoms with van der Waals surface area (Å²) >= 11 is 0. The van der Waals surface area contributed by atoms with Crippen LogP contribution in [0.3, 0.4) is 0 Å². The van der Waals surface area contributed by atoms with Crippen LogP contribution in [0.5, 0.6) is 0 Å². The van der Waals surface area contributed by atoms with Crippen LogP contribution in [0.2, 0.25) is 0 Å². The number of nitrogens with one attached hydrogen (secondary N) is 2. The first-order valence-electron chi connectivity index (χ1n) is 7.68. The van der Waals surface area contributed by atoms with Crippen molar-refractivity contribution in [3.8, 4) is 11.4 Å². The Balaban J connectivity index is 1.76. The van der Waals surface area contributed by atoms with E-state index < -0.39 is 0 Å². The molecule has 0 aliphatic carbocycles. The van der Waals surface area contributed by atoms with E-state index in [9.17, 15) is 4.79 Å². The fourth-order valence-electron chi connectivity index (χ4n) is 2.86. The summed E-state index contributed by atoms with van der Waals surface area (Å²) < 4.78 is 0. The summed E-state index contributed by atoms with van der Waals surface area (Å²) in [5, 5.41) is 9.28. The minimum absolute atomic E-state index is 0.229. The number of hydrogen-bond acceptors (Lipinski definition) is 4. The lowest BCUT2D eigenvalue weighted by molar-refractivity contribution is 0.0953. The molecule has 1 aromatic heterocycles. The minimum Gasteiger partial charge on any atom is -0.352 e. The fraction of sp³-hybridized carbons (Fsp3) is 0.438. The van der Waals surface area contributed by atoms with Gasteiger partial charge in [-0.1, -0.05) is 24.3 Å². The summed E-state index contributed by atoms with van der Waals surface area (Å²) in [6, 6.07) is 8.70. The lowest BCUT2D eigenvalue weighted by Crippen LogP contribution is -2.23. The summed E-state index contributed by atoms with van der Waals surface area (Å²) in [5.74, 6) is 0.504. The first-order chi connectivity index (χ1) is 10.7. The molecule has 1 aliphatic rings. The highest BCUT2D eigenvalue weighted by Crippen LogP contribution is 2.26. The molecule has 0 bridgehead atoms. The summed E-state index contributed by atoms with van der Waals surface area (Å²) in [6.45, 7) is 4.61. The lowest BCUT2D eigenvalue weighted by atomic mass is 10.0. The molecule has 0 unspecified atom stereocenters. The average Bonchev–Trinajstić information content (AvgIpc) is 3.25. The normalized spacial score (nSPS) is 16.6. The molecule has 2 heterocycles. The standard InChI is InChI=1S/C16H21N5O/c1-11(21-9-3-4-10-21)12-5-7-13(8-6-12)14-18-15(20-19-14)16(22)17-2/h5-8,11H,3-4,9-10H2,1-2H3,(H,17,22)(H,18,19,20)/t11-/m0/s1. The van der Waals surface area contributed by atoms with Gasteiger partial charge in [0, 0.05) is 18.7 Å². The minimum atomic E-state index is -0.266. The van der Waals surface area contributed by atoms with Crippen molar-refractivity contribution in [3.05, 3.63) is 35.7 Å². The van der Waals surface area contributed by atoms with E-state index in [0.29, 0.717) is 11.9 Å². The predicted molar refractivity (Wildman–Crippen MR) is 84.4 cm³/mol. The Labute approximate surface area is 129 Å². The molecule has 0 spiro atoms. The van der Waals surface area contributed by atoms with Crippen LogP contribution in [0, 0.1) is 0 Å². The first-order valence-corrected chi connectivity index (χ1v) is 7.68. The Kier molecular flexibility index (Phi) is 4.20. The number of likely N-dealkylation sites (tertiary alicyclic amines) is 1. The van der Waals surface area contributed by atoms with Crippen LogP contribution in [-0.4, -0.2) is 46.1 Å². The van der Waals surface area contributed by atoms with Crippen LogP contribution >= 0.6 is 0 Å². The van der Waals surface area contributed by atoms with Crippen molar-refractivity contribution < 1.29 is 4.79 Å². The Morgan fingerprint density at radius 2 is 1.95 bits per heavy atom. The molecule has 1 aliphatic heterocycles. The van der Waals surface area contributed by atoms with E-state index in [2.05, 4.69) is 44.5 Å². The van der Waals surface area contributed by atoms with Crippen molar-refractivity contribution in [3.63, 3.8) is 0 Å². The fourth-order valence-corrected chi connectivity index (χ4v) is 2.86. The van der Waals surface area contributed by atoms with Gasteiger partial charge in [0.05, 0.1) is 0 Å². The van der Waals surface area contributed by atoms with Crippen molar-refractivity contribution in [1.29, 1.82) is 0 Å². The molecule has 6 nitrogen and oxygen atoms in total. The SMILES string of the molecule is CNC(=O)c1nc(-c2ccc([C@H](C)N3CCCC3)cc2)n[nH]1. The van der Waals surface area contributed by atoms with Crippen LogP contribution in [0.1, 0.15) is 42.0 Å². The number of benzene rings is 1. The lowest BCUT2D eigenvalue weighted by Gasteiger charge is -2.24. The number of H-pyrrole nitrogens is 1. The van der Waals surface area contributed by atoms with Gasteiger partial charge < -0.3 is 5.32 Å². The molecule has 1 saturated heterocycles. The van der Waals surface area contributed by atoms with Crippen LogP contribution < -0.4 is 5.32 Å². The maximum absolute atomic E-state index is 11.5. The van der Waals surface area contributed by atoms with Crippen molar-refractivity contribution >= 4 is 5.91 Å². The van der Waals surface area contributed by atoms with Gasteiger partial charge in [-0.15, -0.1) is 0 Å². The van der Waals surface area contributed by atoms with Crippen LogP contribution in [0.4, 0.5) is 0 Å². The van der Waals surface area contributed by atoms with E-state index in [0.717, 1.165) is 5.56 Å². The Morgan fingerprint density at radius 1 is 1.27 bits per heavy atom. The molecule has 1 fully saturated rings. The van der Waals surface area contributed by atoms with Gasteiger partial charge in [0.15, 0.2) is 5.82 Å². The molecule has 1 aromatic carbocycles. The first kappa shape index (κ1) is 14.7. The molecule has 2 aromatic rings. The Hall–Kier alpha value is -2.21. The molecule has 0 saturated carbocycles. The van der Waals surface area contributed by atoms with Gasteiger partial charge in [-0.05, 0) is 38.4 Å². The maximum atomic E-state index is 11.5. The zero-order chi connectivity index (χ0) is 15.5. The quantitative estimate of drug-likeness (QED) is 0.905. The second-order valence-electron chi connectivity index (χ2n) is 5.63. The van der Waals surface area contributed by atoms with E-state index in [1.54, 1.807) is 7.05 Å². The van der Waals surface area contributed by atoms with Gasteiger partial charge in [-0.25, -0.2) is 4.98 Å². The molecule has 2 N–H and O–H groups in total. The number of rotatable bonds is 4. The van der Waals surface area contributed by atoms with Gasteiger partial charge in [0.2, 0.25) is 5.82 Å². The van der Waals surface area contributed by atoms with Crippen molar-refractivity contribution in [2.45, 2.75) is 25.8 Å². The highest BCUT2D eigenvalue weighted by atomic mass is 16.2. The molecule has 3 rings (SSSR count). The van der Waals surface area contributed by atoms with Gasteiger partial charge >= 0.3 is 0 Å². The monoisotopic (exact) mass is 299 g/mol. The van der Waals surface area contributed by atoms with Crippen LogP contribution in [-0.2, 0) is 0 Å². The second kappa shape index (κ2) is 6.27. The van der Waals surface area contributed by atoms with E-state index in [1.165, 1.54) is 31.5 Å². The third kappa shape index (κ3) is 2.87. The third-order valence-corrected chi connectivity index (χ3v) is 4.27.